The first kappa shape index (κ1) is 33.9. The molecule has 0 atom stereocenters. The quantitative estimate of drug-likeness (QED) is 0.0709. The van der Waals surface area contributed by atoms with E-state index in [9.17, 15) is 19.2 Å². The normalized spacial score (nSPS) is 10.8. The third kappa shape index (κ3) is 25.0. The van der Waals surface area contributed by atoms with Gasteiger partial charge in [-0.3, -0.25) is 9.59 Å². The summed E-state index contributed by atoms with van der Waals surface area (Å²) in [5.41, 5.74) is 4.85. The number of hydrogen-bond acceptors (Lipinski definition) is 11. The Morgan fingerprint density at radius 3 is 1.72 bits per heavy atom. The van der Waals surface area contributed by atoms with Gasteiger partial charge in [0.05, 0.1) is 13.2 Å². The number of carbonyl (C=O) groups excluding carboxylic acids is 4. The van der Waals surface area contributed by atoms with E-state index in [1.165, 1.54) is 12.4 Å². The van der Waals surface area contributed by atoms with Crippen LogP contribution in [0.15, 0.2) is 10.2 Å². The van der Waals surface area contributed by atoms with Crippen molar-refractivity contribution in [2.45, 2.75) is 44.9 Å². The molecule has 36 heavy (non-hydrogen) atoms. The van der Waals surface area contributed by atoms with Gasteiger partial charge in [0.2, 0.25) is 11.8 Å². The lowest BCUT2D eigenvalue weighted by Gasteiger charge is -2.07. The number of ether oxygens (including phenoxy) is 2. The van der Waals surface area contributed by atoms with Crippen LogP contribution in [0.3, 0.4) is 0 Å². The summed E-state index contributed by atoms with van der Waals surface area (Å²) in [5.74, 6) is 1.20. The van der Waals surface area contributed by atoms with Crippen molar-refractivity contribution >= 4 is 69.8 Å². The number of unbranched alkanes of at least 4 members (excludes halogenated alkanes) is 2. The predicted molar refractivity (Wildman–Crippen MR) is 149 cm³/mol. The molecule has 0 heterocycles. The molecule has 0 rings (SSSR count). The van der Waals surface area contributed by atoms with Crippen LogP contribution in [0, 0.1) is 0 Å². The molecule has 0 aliphatic carbocycles. The largest absolute Gasteiger partial charge is 0.450 e. The number of rotatable bonds is 21. The Hall–Kier alpha value is -2.13. The van der Waals surface area contributed by atoms with Crippen LogP contribution in [0.2, 0.25) is 0 Å². The second-order valence-corrected chi connectivity index (χ2v) is 10.6. The van der Waals surface area contributed by atoms with Crippen molar-refractivity contribution in [2.24, 2.45) is 10.2 Å². The summed E-state index contributed by atoms with van der Waals surface area (Å²) < 4.78 is 10.1. The lowest BCUT2D eigenvalue weighted by Crippen LogP contribution is -2.26. The zero-order valence-corrected chi connectivity index (χ0v) is 23.4. The Bertz CT molecular complexity index is 685. The summed E-state index contributed by atoms with van der Waals surface area (Å²) >= 11 is 1.59. The fraction of sp³-hybridized carbons (Fsp3) is 0.714. The average Bonchev–Trinajstić information content (AvgIpc) is 2.86. The molecule has 0 aromatic heterocycles. The second-order valence-electron chi connectivity index (χ2n) is 6.94. The van der Waals surface area contributed by atoms with E-state index < -0.39 is 12.2 Å². The molecule has 0 aromatic rings. The Morgan fingerprint density at radius 2 is 1.25 bits per heavy atom. The van der Waals surface area contributed by atoms with E-state index in [0.29, 0.717) is 51.6 Å². The highest BCUT2D eigenvalue weighted by Gasteiger charge is 2.03. The minimum Gasteiger partial charge on any atom is -0.450 e. The standard InChI is InChI=1S/C21H38N6O6S3/c1-34-16-8-18(28)26-24-12-6-10-22-20(30)32-14-4-3-5-15-33-21(31)23-11-7-13-25-27-19(29)9-17-36-35-2/h12-13H,3-11,14-17H2,1-2H3,(H,22,30)(H,23,31)(H,26,28)(H,27,29). The number of hydrazone groups is 2. The Balaban J connectivity index is 3.50. The molecule has 0 spiro atoms. The van der Waals surface area contributed by atoms with Crippen LogP contribution in [0.5, 0.6) is 0 Å². The van der Waals surface area contributed by atoms with Crippen LogP contribution in [0.4, 0.5) is 9.59 Å². The fourth-order valence-corrected chi connectivity index (χ4v) is 3.75. The molecule has 0 fully saturated rings. The monoisotopic (exact) mass is 566 g/mol. The summed E-state index contributed by atoms with van der Waals surface area (Å²) in [6.07, 6.45) is 9.72. The zero-order valence-electron chi connectivity index (χ0n) is 20.9. The van der Waals surface area contributed by atoms with Crippen molar-refractivity contribution in [2.75, 3.05) is 50.3 Å². The maximum absolute atomic E-state index is 11.6. The van der Waals surface area contributed by atoms with Crippen molar-refractivity contribution in [3.63, 3.8) is 0 Å². The van der Waals surface area contributed by atoms with Crippen LogP contribution < -0.4 is 21.5 Å². The molecule has 0 radical (unpaired) electrons. The highest BCUT2D eigenvalue weighted by atomic mass is 33.1. The second kappa shape index (κ2) is 25.9. The summed E-state index contributed by atoms with van der Waals surface area (Å²) in [6, 6.07) is 0. The smallest absolute Gasteiger partial charge is 0.407 e. The molecule has 0 aliphatic heterocycles. The van der Waals surface area contributed by atoms with Gasteiger partial charge in [-0.15, -0.1) is 0 Å². The van der Waals surface area contributed by atoms with Crippen molar-refractivity contribution in [3.05, 3.63) is 0 Å². The van der Waals surface area contributed by atoms with E-state index in [2.05, 4.69) is 31.7 Å². The molecule has 0 unspecified atom stereocenters. The molecule has 206 valence electrons. The van der Waals surface area contributed by atoms with Gasteiger partial charge in [0.1, 0.15) is 0 Å². The van der Waals surface area contributed by atoms with E-state index in [0.717, 1.165) is 17.9 Å². The minimum atomic E-state index is -0.514. The third-order valence-corrected chi connectivity index (χ3v) is 6.39. The van der Waals surface area contributed by atoms with Crippen LogP contribution >= 0.6 is 33.3 Å². The third-order valence-electron chi connectivity index (χ3n) is 3.97. The van der Waals surface area contributed by atoms with Gasteiger partial charge in [0.25, 0.3) is 0 Å². The van der Waals surface area contributed by atoms with Gasteiger partial charge in [-0.1, -0.05) is 21.6 Å². The summed E-state index contributed by atoms with van der Waals surface area (Å²) in [6.45, 7) is 1.24. The van der Waals surface area contributed by atoms with Gasteiger partial charge in [0, 0.05) is 62.7 Å². The first-order chi connectivity index (χ1) is 17.5. The van der Waals surface area contributed by atoms with Crippen molar-refractivity contribution in [1.82, 2.24) is 21.5 Å². The SMILES string of the molecule is CSCCC(=O)NN=CCCNC(=O)OCCCCCOC(=O)NCCC=NNC(=O)CCSSC. The van der Waals surface area contributed by atoms with Crippen molar-refractivity contribution < 1.29 is 28.7 Å². The molecule has 0 aromatic carbocycles. The molecule has 4 N–H and O–H groups in total. The maximum atomic E-state index is 11.6. The van der Waals surface area contributed by atoms with Crippen LogP contribution in [-0.4, -0.2) is 86.8 Å². The van der Waals surface area contributed by atoms with Crippen molar-refractivity contribution in [3.8, 4) is 0 Å². The summed E-state index contributed by atoms with van der Waals surface area (Å²) in [5, 5.41) is 12.8. The van der Waals surface area contributed by atoms with Gasteiger partial charge >= 0.3 is 12.2 Å². The number of nitrogens with zero attached hydrogens (tertiary/aromatic N) is 2. The highest BCUT2D eigenvalue weighted by Crippen LogP contribution is 2.16. The first-order valence-electron chi connectivity index (χ1n) is 11.6. The topological polar surface area (TPSA) is 160 Å². The predicted octanol–water partition coefficient (Wildman–Crippen LogP) is 2.75. The fourth-order valence-electron chi connectivity index (χ4n) is 2.18. The lowest BCUT2D eigenvalue weighted by atomic mass is 10.2. The Kier molecular flexibility index (Phi) is 24.4. The molecule has 0 bridgehead atoms. The van der Waals surface area contributed by atoms with Crippen LogP contribution in [-0.2, 0) is 19.1 Å². The molecule has 0 saturated carbocycles. The molecular formula is C21H38N6O6S3. The number of alkyl carbamates (subject to hydrolysis) is 2. The number of hydrogen-bond donors (Lipinski definition) is 4. The van der Waals surface area contributed by atoms with Crippen LogP contribution in [0.25, 0.3) is 0 Å². The van der Waals surface area contributed by atoms with Gasteiger partial charge in [-0.05, 0) is 31.8 Å². The van der Waals surface area contributed by atoms with Gasteiger partial charge in [-0.25, -0.2) is 20.4 Å². The molecule has 15 heteroatoms. The van der Waals surface area contributed by atoms with E-state index in [4.69, 9.17) is 9.47 Å². The minimum absolute atomic E-state index is 0.139. The Labute approximate surface area is 225 Å². The molecule has 12 nitrogen and oxygen atoms in total. The molecule has 0 saturated heterocycles. The lowest BCUT2D eigenvalue weighted by molar-refractivity contribution is -0.121. The van der Waals surface area contributed by atoms with Gasteiger partial charge < -0.3 is 20.1 Å². The number of amides is 4. The van der Waals surface area contributed by atoms with Crippen molar-refractivity contribution in [1.29, 1.82) is 0 Å². The molecule has 0 aliphatic rings. The highest BCUT2D eigenvalue weighted by molar-refractivity contribution is 8.76. The number of carbonyl (C=O) groups is 4. The maximum Gasteiger partial charge on any atom is 0.407 e. The average molecular weight is 567 g/mol. The summed E-state index contributed by atoms with van der Waals surface area (Å²) in [7, 11) is 3.23. The zero-order chi connectivity index (χ0) is 26.7. The number of nitrogens with one attached hydrogen (secondary N) is 4. The number of thioether (sulfide) groups is 1. The van der Waals surface area contributed by atoms with Gasteiger partial charge in [-0.2, -0.15) is 22.0 Å². The van der Waals surface area contributed by atoms with E-state index >= 15 is 0 Å². The molecule has 4 amide bonds. The van der Waals surface area contributed by atoms with E-state index in [-0.39, 0.29) is 25.0 Å². The summed E-state index contributed by atoms with van der Waals surface area (Å²) in [4.78, 5) is 45.9. The molecular weight excluding hydrogens is 528 g/mol. The van der Waals surface area contributed by atoms with E-state index in [1.807, 2.05) is 12.5 Å². The van der Waals surface area contributed by atoms with E-state index in [1.54, 1.807) is 33.3 Å². The van der Waals surface area contributed by atoms with Crippen LogP contribution in [0.1, 0.15) is 44.9 Å². The van der Waals surface area contributed by atoms with Gasteiger partial charge in [0.15, 0.2) is 0 Å². The first-order valence-corrected chi connectivity index (χ1v) is 15.7. The Morgan fingerprint density at radius 1 is 0.750 bits per heavy atom.